The Bertz CT molecular complexity index is 860. The van der Waals surface area contributed by atoms with Crippen LogP contribution in [0.3, 0.4) is 0 Å². The molecule has 0 saturated carbocycles. The molecule has 7 heteroatoms. The Balaban J connectivity index is 1.65. The van der Waals surface area contributed by atoms with Gasteiger partial charge in [0, 0.05) is 37.8 Å². The van der Waals surface area contributed by atoms with Gasteiger partial charge in [0.15, 0.2) is 0 Å². The van der Waals surface area contributed by atoms with Crippen molar-refractivity contribution in [1.82, 2.24) is 14.9 Å². The Labute approximate surface area is 165 Å². The van der Waals surface area contributed by atoms with E-state index in [-0.39, 0.29) is 23.9 Å². The summed E-state index contributed by atoms with van der Waals surface area (Å²) in [5.74, 6) is 0.586. The minimum atomic E-state index is -0.166. The van der Waals surface area contributed by atoms with Crippen LogP contribution in [-0.2, 0) is 16.0 Å². The van der Waals surface area contributed by atoms with Crippen LogP contribution in [0.25, 0.3) is 0 Å². The van der Waals surface area contributed by atoms with Crippen LogP contribution in [0, 0.1) is 6.92 Å². The third kappa shape index (κ3) is 4.59. The Morgan fingerprint density at radius 2 is 1.96 bits per heavy atom. The van der Waals surface area contributed by atoms with Crippen LogP contribution in [0.2, 0.25) is 0 Å². The number of H-pyrrole nitrogens is 1. The standard InChI is InChI=1S/C21H28N4O3/c1-15-18(20(27)23-21(22-15)25-11-13-28-14-12-25)9-10-19(26)24(3)16(2)17-7-5-4-6-8-17/h4-8,16H,9-14H2,1-3H3,(H,22,23,27). The molecule has 1 aromatic carbocycles. The van der Waals surface area contributed by atoms with Gasteiger partial charge in [-0.15, -0.1) is 0 Å². The number of amides is 1. The smallest absolute Gasteiger partial charge is 0.255 e. The van der Waals surface area contributed by atoms with Crippen LogP contribution in [0.4, 0.5) is 5.95 Å². The predicted octanol–water partition coefficient (Wildman–Crippen LogP) is 2.07. The van der Waals surface area contributed by atoms with Crippen molar-refractivity contribution in [3.05, 3.63) is 57.5 Å². The van der Waals surface area contributed by atoms with Crippen LogP contribution in [0.5, 0.6) is 0 Å². The zero-order valence-electron chi connectivity index (χ0n) is 16.8. The Hall–Kier alpha value is -2.67. The summed E-state index contributed by atoms with van der Waals surface area (Å²) in [6.45, 7) is 6.51. The molecule has 1 aliphatic rings. The molecule has 1 aliphatic heterocycles. The molecule has 1 fully saturated rings. The van der Waals surface area contributed by atoms with E-state index >= 15 is 0 Å². The average molecular weight is 384 g/mol. The third-order valence-corrected chi connectivity index (χ3v) is 5.37. The highest BCUT2D eigenvalue weighted by molar-refractivity contribution is 5.76. The molecule has 1 N–H and O–H groups in total. The lowest BCUT2D eigenvalue weighted by Crippen LogP contribution is -2.38. The molecule has 3 rings (SSSR count). The minimum Gasteiger partial charge on any atom is -0.378 e. The number of nitrogens with zero attached hydrogens (tertiary/aromatic N) is 3. The van der Waals surface area contributed by atoms with E-state index in [1.807, 2.05) is 49.1 Å². The zero-order chi connectivity index (χ0) is 20.1. The molecule has 0 spiro atoms. The van der Waals surface area contributed by atoms with Crippen LogP contribution in [0.15, 0.2) is 35.1 Å². The van der Waals surface area contributed by atoms with Crippen LogP contribution in [-0.4, -0.2) is 54.1 Å². The van der Waals surface area contributed by atoms with Gasteiger partial charge in [-0.2, -0.15) is 0 Å². The van der Waals surface area contributed by atoms with Gasteiger partial charge in [0.05, 0.1) is 19.3 Å². The van der Waals surface area contributed by atoms with Gasteiger partial charge in [-0.1, -0.05) is 30.3 Å². The Kier molecular flexibility index (Phi) is 6.46. The van der Waals surface area contributed by atoms with Gasteiger partial charge in [-0.05, 0) is 25.8 Å². The number of carbonyl (C=O) groups is 1. The average Bonchev–Trinajstić information content (AvgIpc) is 2.73. The van der Waals surface area contributed by atoms with Crippen molar-refractivity contribution in [1.29, 1.82) is 0 Å². The summed E-state index contributed by atoms with van der Waals surface area (Å²) >= 11 is 0. The van der Waals surface area contributed by atoms with Gasteiger partial charge >= 0.3 is 0 Å². The molecule has 1 saturated heterocycles. The van der Waals surface area contributed by atoms with Crippen molar-refractivity contribution >= 4 is 11.9 Å². The molecule has 1 unspecified atom stereocenters. The summed E-state index contributed by atoms with van der Waals surface area (Å²) < 4.78 is 5.34. The lowest BCUT2D eigenvalue weighted by Gasteiger charge is -2.27. The maximum atomic E-state index is 12.6. The van der Waals surface area contributed by atoms with E-state index in [0.717, 1.165) is 5.56 Å². The first kappa shape index (κ1) is 20.1. The minimum absolute atomic E-state index is 0.00686. The highest BCUT2D eigenvalue weighted by Gasteiger charge is 2.20. The van der Waals surface area contributed by atoms with Crippen LogP contribution >= 0.6 is 0 Å². The highest BCUT2D eigenvalue weighted by atomic mass is 16.5. The second-order valence-electron chi connectivity index (χ2n) is 7.14. The molecule has 1 atom stereocenters. The van der Waals surface area contributed by atoms with E-state index in [1.165, 1.54) is 0 Å². The van der Waals surface area contributed by atoms with Crippen LogP contribution < -0.4 is 10.5 Å². The van der Waals surface area contributed by atoms with Crippen molar-refractivity contribution in [2.75, 3.05) is 38.3 Å². The molecular weight excluding hydrogens is 356 g/mol. The number of ether oxygens (including phenoxy) is 1. The van der Waals surface area contributed by atoms with E-state index in [4.69, 9.17) is 4.74 Å². The van der Waals surface area contributed by atoms with Crippen molar-refractivity contribution < 1.29 is 9.53 Å². The molecule has 1 aromatic heterocycles. The van der Waals surface area contributed by atoms with E-state index in [9.17, 15) is 9.59 Å². The fourth-order valence-corrected chi connectivity index (χ4v) is 3.39. The Morgan fingerprint density at radius 3 is 2.61 bits per heavy atom. The number of hydrogen-bond acceptors (Lipinski definition) is 5. The Morgan fingerprint density at radius 1 is 1.29 bits per heavy atom. The molecule has 1 amide bonds. The number of aryl methyl sites for hydroxylation is 1. The second-order valence-corrected chi connectivity index (χ2v) is 7.14. The van der Waals surface area contributed by atoms with Crippen molar-refractivity contribution in [2.24, 2.45) is 0 Å². The predicted molar refractivity (Wildman–Crippen MR) is 109 cm³/mol. The molecule has 0 aliphatic carbocycles. The monoisotopic (exact) mass is 384 g/mol. The summed E-state index contributed by atoms with van der Waals surface area (Å²) in [6, 6.07) is 9.90. The summed E-state index contributed by atoms with van der Waals surface area (Å²) in [7, 11) is 1.80. The molecule has 2 heterocycles. The number of morpholine rings is 1. The number of anilines is 1. The first-order chi connectivity index (χ1) is 13.5. The number of hydrogen-bond donors (Lipinski definition) is 1. The zero-order valence-corrected chi connectivity index (χ0v) is 16.8. The van der Waals surface area contributed by atoms with Crippen molar-refractivity contribution in [2.45, 2.75) is 32.7 Å². The number of aromatic nitrogens is 2. The fraction of sp³-hybridized carbons (Fsp3) is 0.476. The van der Waals surface area contributed by atoms with Gasteiger partial charge in [0.2, 0.25) is 11.9 Å². The molecule has 0 radical (unpaired) electrons. The van der Waals surface area contributed by atoms with Gasteiger partial charge in [0.25, 0.3) is 5.56 Å². The number of benzene rings is 1. The second kappa shape index (κ2) is 9.01. The topological polar surface area (TPSA) is 78.5 Å². The summed E-state index contributed by atoms with van der Waals surface area (Å²) in [5.41, 5.74) is 2.17. The van der Waals surface area contributed by atoms with Gasteiger partial charge in [-0.3, -0.25) is 14.6 Å². The number of rotatable bonds is 6. The van der Waals surface area contributed by atoms with Crippen molar-refractivity contribution in [3.63, 3.8) is 0 Å². The summed E-state index contributed by atoms with van der Waals surface area (Å²) in [4.78, 5) is 36.4. The lowest BCUT2D eigenvalue weighted by molar-refractivity contribution is -0.131. The first-order valence-corrected chi connectivity index (χ1v) is 9.70. The maximum absolute atomic E-state index is 12.6. The van der Waals surface area contributed by atoms with Crippen molar-refractivity contribution in [3.8, 4) is 0 Å². The van der Waals surface area contributed by atoms with E-state index in [0.29, 0.717) is 49.9 Å². The molecule has 28 heavy (non-hydrogen) atoms. The quantitative estimate of drug-likeness (QED) is 0.825. The van der Waals surface area contributed by atoms with Crippen LogP contribution in [0.1, 0.15) is 36.2 Å². The SMILES string of the molecule is Cc1nc(N2CCOCC2)[nH]c(=O)c1CCC(=O)N(C)C(C)c1ccccc1. The van der Waals surface area contributed by atoms with Gasteiger partial charge in [0.1, 0.15) is 0 Å². The molecule has 150 valence electrons. The summed E-state index contributed by atoms with van der Waals surface area (Å²) in [5, 5.41) is 0. The first-order valence-electron chi connectivity index (χ1n) is 9.70. The number of carbonyl (C=O) groups excluding carboxylic acids is 1. The van der Waals surface area contributed by atoms with E-state index in [1.54, 1.807) is 11.9 Å². The normalized spacial score (nSPS) is 15.3. The maximum Gasteiger partial charge on any atom is 0.255 e. The van der Waals surface area contributed by atoms with E-state index < -0.39 is 0 Å². The molecule has 0 bridgehead atoms. The molecular formula is C21H28N4O3. The largest absolute Gasteiger partial charge is 0.378 e. The fourth-order valence-electron chi connectivity index (χ4n) is 3.39. The third-order valence-electron chi connectivity index (χ3n) is 5.37. The van der Waals surface area contributed by atoms with E-state index in [2.05, 4.69) is 9.97 Å². The summed E-state index contributed by atoms with van der Waals surface area (Å²) in [6.07, 6.45) is 0.651. The highest BCUT2D eigenvalue weighted by Crippen LogP contribution is 2.19. The number of aromatic amines is 1. The molecule has 7 nitrogen and oxygen atoms in total. The lowest BCUT2D eigenvalue weighted by atomic mass is 10.1. The number of nitrogens with one attached hydrogen (secondary N) is 1. The van der Waals surface area contributed by atoms with Gasteiger partial charge in [-0.25, -0.2) is 4.98 Å². The van der Waals surface area contributed by atoms with Gasteiger partial charge < -0.3 is 14.5 Å². The molecule has 2 aromatic rings.